The van der Waals surface area contributed by atoms with Crippen molar-refractivity contribution >= 4 is 34.0 Å². The molecule has 0 amide bonds. The second-order valence-corrected chi connectivity index (χ2v) is 5.86. The first kappa shape index (κ1) is 28.6. The summed E-state index contributed by atoms with van der Waals surface area (Å²) in [4.78, 5) is 0. The van der Waals surface area contributed by atoms with Crippen molar-refractivity contribution in [2.75, 3.05) is 0 Å². The van der Waals surface area contributed by atoms with E-state index in [2.05, 4.69) is 64.2 Å². The summed E-state index contributed by atoms with van der Waals surface area (Å²) in [6.45, 7) is 9.02. The molecule has 2 rings (SSSR count). The number of halogens is 2. The minimum atomic E-state index is 0. The van der Waals surface area contributed by atoms with Crippen molar-refractivity contribution in [1.29, 1.82) is 0 Å². The average molecular weight is 524 g/mol. The average Bonchev–Trinajstić information content (AvgIpc) is 3.14. The second kappa shape index (κ2) is 17.6. The molecule has 0 N–H and O–H groups in total. The topological polar surface area (TPSA) is 0 Å². The number of rotatable bonds is 6. The Morgan fingerprint density at radius 1 is 0.826 bits per heavy atom. The van der Waals surface area contributed by atoms with Gasteiger partial charge >= 0.3 is 26.2 Å². The molecule has 2 unspecified atom stereocenters. The largest absolute Gasteiger partial charge is 2.00 e. The molecule has 2 atom stereocenters. The molecule has 0 fully saturated rings. The Morgan fingerprint density at radius 2 is 1.17 bits per heavy atom. The van der Waals surface area contributed by atoms with Gasteiger partial charge in [-0.15, -0.1) is 46.8 Å². The van der Waals surface area contributed by atoms with E-state index in [0.717, 1.165) is 24.7 Å². The van der Waals surface area contributed by atoms with Crippen LogP contribution in [0.2, 0.25) is 0 Å². The molecule has 0 spiro atoms. The van der Waals surface area contributed by atoms with E-state index in [1.165, 1.54) is 36.8 Å². The molecule has 2 aliphatic rings. The van der Waals surface area contributed by atoms with Gasteiger partial charge in [0.2, 0.25) is 0 Å². The van der Waals surface area contributed by atoms with Gasteiger partial charge in [0.05, 0.1) is 0 Å². The van der Waals surface area contributed by atoms with Crippen LogP contribution in [0.5, 0.6) is 0 Å². The van der Waals surface area contributed by atoms with Crippen molar-refractivity contribution in [3.63, 3.8) is 0 Å². The van der Waals surface area contributed by atoms with E-state index in [9.17, 15) is 0 Å². The van der Waals surface area contributed by atoms with Gasteiger partial charge in [0, 0.05) is 0 Å². The quantitative estimate of drug-likeness (QED) is 0.319. The summed E-state index contributed by atoms with van der Waals surface area (Å²) in [6, 6.07) is 0. The molecule has 0 saturated heterocycles. The predicted octanol–water partition coefficient (Wildman–Crippen LogP) is 7.38. The van der Waals surface area contributed by atoms with E-state index in [1.54, 1.807) is 0 Å². The van der Waals surface area contributed by atoms with E-state index in [0.29, 0.717) is 0 Å². The normalized spacial score (nSPS) is 16.7. The van der Waals surface area contributed by atoms with Gasteiger partial charge in [-0.3, -0.25) is 12.2 Å². The molecule has 0 nitrogen and oxygen atoms in total. The van der Waals surface area contributed by atoms with Gasteiger partial charge < -0.3 is 0 Å². The molecule has 0 heterocycles. The molecule has 0 aromatic heterocycles. The molecule has 0 aliphatic heterocycles. The Labute approximate surface area is 184 Å². The van der Waals surface area contributed by atoms with Gasteiger partial charge in [0.25, 0.3) is 0 Å². The fourth-order valence-electron chi connectivity index (χ4n) is 2.70. The third kappa shape index (κ3) is 11.9. The number of hydrogen-bond donors (Lipinski definition) is 0. The summed E-state index contributed by atoms with van der Waals surface area (Å²) in [5, 5.41) is 0. The Bertz CT molecular complexity index is 356. The van der Waals surface area contributed by atoms with E-state index in [4.69, 9.17) is 0 Å². The van der Waals surface area contributed by atoms with Crippen LogP contribution >= 0.6 is 34.0 Å². The zero-order valence-corrected chi connectivity index (χ0v) is 20.9. The van der Waals surface area contributed by atoms with Gasteiger partial charge in [-0.05, 0) is 12.8 Å². The van der Waals surface area contributed by atoms with Crippen molar-refractivity contribution < 1.29 is 26.2 Å². The Kier molecular flexibility index (Phi) is 21.9. The smallest absolute Gasteiger partial charge is 0.269 e. The van der Waals surface area contributed by atoms with Crippen molar-refractivity contribution in [1.82, 2.24) is 0 Å². The summed E-state index contributed by atoms with van der Waals surface area (Å²) < 4.78 is 0. The number of hydrogen-bond acceptors (Lipinski definition) is 0. The summed E-state index contributed by atoms with van der Waals surface area (Å²) in [5.74, 6) is 1.45. The van der Waals surface area contributed by atoms with Crippen LogP contribution in [0.4, 0.5) is 0 Å². The summed E-state index contributed by atoms with van der Waals surface area (Å²) in [7, 11) is 0. The Morgan fingerprint density at radius 3 is 1.39 bits per heavy atom. The maximum absolute atomic E-state index is 3.35. The monoisotopic (exact) mass is 520 g/mol. The SMILES string of the molecule is Br.Br.CCCC(C)C1=[C-]CC=C1.CCCC(C)C1=[C-]CC=C1.[Zr+2]. The standard InChI is InChI=1S/2C10H15.2BrH.Zr/c2*1-3-6-9(2)10-7-4-5-8-10;;;/h2*4,7,9H,3,5-6H2,1-2H3;2*1H;/q2*-1;;;+2. The minimum Gasteiger partial charge on any atom is -0.269 e. The Hall–Kier alpha value is 0.803. The van der Waals surface area contributed by atoms with Gasteiger partial charge in [-0.2, -0.15) is 12.2 Å². The third-order valence-corrected chi connectivity index (χ3v) is 3.95. The van der Waals surface area contributed by atoms with Crippen LogP contribution in [0.3, 0.4) is 0 Å². The minimum absolute atomic E-state index is 0. The number of allylic oxidation sites excluding steroid dienone is 8. The van der Waals surface area contributed by atoms with Crippen molar-refractivity contribution in [2.24, 2.45) is 11.8 Å². The summed E-state index contributed by atoms with van der Waals surface area (Å²) in [5.41, 5.74) is 2.84. The van der Waals surface area contributed by atoms with E-state index >= 15 is 0 Å². The third-order valence-electron chi connectivity index (χ3n) is 3.95. The van der Waals surface area contributed by atoms with E-state index < -0.39 is 0 Å². The molecule has 0 saturated carbocycles. The first-order valence-corrected chi connectivity index (χ1v) is 8.23. The predicted molar refractivity (Wildman–Crippen MR) is 110 cm³/mol. The van der Waals surface area contributed by atoms with Crippen LogP contribution in [0.1, 0.15) is 66.2 Å². The Balaban J connectivity index is -0.000000308. The molecule has 0 radical (unpaired) electrons. The van der Waals surface area contributed by atoms with E-state index in [-0.39, 0.29) is 60.2 Å². The van der Waals surface area contributed by atoms with Crippen LogP contribution < -0.4 is 0 Å². The molecule has 130 valence electrons. The van der Waals surface area contributed by atoms with Crippen molar-refractivity contribution in [3.8, 4) is 0 Å². The maximum atomic E-state index is 3.35. The van der Waals surface area contributed by atoms with Gasteiger partial charge in [0.1, 0.15) is 0 Å². The zero-order valence-electron chi connectivity index (χ0n) is 15.0. The first-order chi connectivity index (χ1) is 9.69. The van der Waals surface area contributed by atoms with Crippen LogP contribution in [-0.2, 0) is 26.2 Å². The second-order valence-electron chi connectivity index (χ2n) is 5.86. The van der Waals surface area contributed by atoms with Crippen LogP contribution in [0, 0.1) is 24.0 Å². The van der Waals surface area contributed by atoms with Crippen molar-refractivity contribution in [3.05, 3.63) is 47.6 Å². The van der Waals surface area contributed by atoms with Crippen LogP contribution in [0.15, 0.2) is 35.5 Å². The summed E-state index contributed by atoms with van der Waals surface area (Å²) in [6.07, 6.45) is 22.7. The van der Waals surface area contributed by atoms with Gasteiger partial charge in [-0.1, -0.05) is 52.4 Å². The fraction of sp³-hybridized carbons (Fsp3) is 0.600. The molecule has 23 heavy (non-hydrogen) atoms. The molecule has 0 aromatic rings. The van der Waals surface area contributed by atoms with E-state index in [1.807, 2.05) is 0 Å². The van der Waals surface area contributed by atoms with Crippen LogP contribution in [0.25, 0.3) is 0 Å². The van der Waals surface area contributed by atoms with Gasteiger partial charge in [0.15, 0.2) is 0 Å². The maximum Gasteiger partial charge on any atom is 2.00 e. The first-order valence-electron chi connectivity index (χ1n) is 8.23. The molecule has 0 bridgehead atoms. The van der Waals surface area contributed by atoms with Gasteiger partial charge in [-0.25, -0.2) is 23.3 Å². The molecular weight excluding hydrogens is 491 g/mol. The molecule has 2 aliphatic carbocycles. The molecular formula is C20H32Br2Zr. The fourth-order valence-corrected chi connectivity index (χ4v) is 2.70. The summed E-state index contributed by atoms with van der Waals surface area (Å²) >= 11 is 0. The van der Waals surface area contributed by atoms with Crippen molar-refractivity contribution in [2.45, 2.75) is 66.2 Å². The van der Waals surface area contributed by atoms with Crippen LogP contribution in [-0.4, -0.2) is 0 Å². The molecule has 3 heteroatoms. The molecule has 0 aromatic carbocycles. The zero-order chi connectivity index (χ0) is 14.8.